The van der Waals surface area contributed by atoms with Gasteiger partial charge >= 0.3 is 0 Å². The molecule has 0 bridgehead atoms. The van der Waals surface area contributed by atoms with E-state index in [9.17, 15) is 5.26 Å². The van der Waals surface area contributed by atoms with E-state index in [0.29, 0.717) is 18.0 Å². The van der Waals surface area contributed by atoms with Gasteiger partial charge in [0.1, 0.15) is 11.9 Å². The Balaban J connectivity index is 1.51. The summed E-state index contributed by atoms with van der Waals surface area (Å²) in [5.74, 6) is 1.23. The van der Waals surface area contributed by atoms with Gasteiger partial charge in [0.2, 0.25) is 5.28 Å². The van der Waals surface area contributed by atoms with Crippen LogP contribution in [0.3, 0.4) is 0 Å². The molecular weight excluding hydrogens is 380 g/mol. The second-order valence-corrected chi connectivity index (χ2v) is 7.37. The van der Waals surface area contributed by atoms with Crippen molar-refractivity contribution in [2.75, 3.05) is 0 Å². The van der Waals surface area contributed by atoms with Gasteiger partial charge in [-0.15, -0.1) is 0 Å². The zero-order valence-electron chi connectivity index (χ0n) is 15.4. The molecule has 0 unspecified atom stereocenters. The maximum absolute atomic E-state index is 9.43. The number of halogens is 1. The second kappa shape index (κ2) is 7.60. The molecule has 0 spiro atoms. The number of hydrogen-bond acceptors (Lipinski definition) is 7. The molecule has 8 nitrogen and oxygen atoms in total. The van der Waals surface area contributed by atoms with E-state index in [1.54, 1.807) is 24.5 Å². The quantitative estimate of drug-likeness (QED) is 0.600. The van der Waals surface area contributed by atoms with Crippen molar-refractivity contribution in [2.24, 2.45) is 0 Å². The van der Waals surface area contributed by atoms with Gasteiger partial charge in [0.15, 0.2) is 0 Å². The lowest BCUT2D eigenvalue weighted by Crippen LogP contribution is -2.40. The Kier molecular flexibility index (Phi) is 5.01. The molecule has 0 saturated heterocycles. The zero-order chi connectivity index (χ0) is 19.6. The number of ether oxygens (including phenoxy) is 1. The highest BCUT2D eigenvalue weighted by molar-refractivity contribution is 6.28. The first-order chi connectivity index (χ1) is 13.6. The first-order valence-electron chi connectivity index (χ1n) is 9.09. The first kappa shape index (κ1) is 18.4. The Morgan fingerprint density at radius 3 is 2.93 bits per heavy atom. The van der Waals surface area contributed by atoms with Gasteiger partial charge in [-0.3, -0.25) is 4.68 Å². The normalized spacial score (nSPS) is 22.0. The SMILES string of the molecule is Cc1cc(OC2CCC(CC#N)(n3cc(-c4ccnc(Cl)n4)cn3)CC2)no1. The summed E-state index contributed by atoms with van der Waals surface area (Å²) in [5.41, 5.74) is 1.19. The summed E-state index contributed by atoms with van der Waals surface area (Å²) in [4.78, 5) is 8.14. The molecule has 0 aromatic carbocycles. The Labute approximate surface area is 167 Å². The van der Waals surface area contributed by atoms with Crippen LogP contribution in [0.4, 0.5) is 0 Å². The summed E-state index contributed by atoms with van der Waals surface area (Å²) in [7, 11) is 0. The highest BCUT2D eigenvalue weighted by Crippen LogP contribution is 2.39. The maximum Gasteiger partial charge on any atom is 0.254 e. The standard InChI is InChI=1S/C19H19ClN6O2/c1-13-10-17(25-28-13)27-15-2-5-19(6-3-15,7-8-21)26-12-14(11-23-26)16-4-9-22-18(20)24-16/h4,9-12,15H,2-3,5-7H2,1H3. The van der Waals surface area contributed by atoms with Gasteiger partial charge in [-0.05, 0) is 55.4 Å². The van der Waals surface area contributed by atoms with Crippen LogP contribution in [-0.4, -0.2) is 31.0 Å². The highest BCUT2D eigenvalue weighted by atomic mass is 35.5. The van der Waals surface area contributed by atoms with Crippen molar-refractivity contribution in [3.8, 4) is 23.2 Å². The van der Waals surface area contributed by atoms with E-state index >= 15 is 0 Å². The van der Waals surface area contributed by atoms with Crippen LogP contribution in [-0.2, 0) is 5.54 Å². The zero-order valence-corrected chi connectivity index (χ0v) is 16.1. The van der Waals surface area contributed by atoms with Gasteiger partial charge in [0.05, 0.1) is 29.9 Å². The van der Waals surface area contributed by atoms with Crippen molar-refractivity contribution in [2.45, 2.75) is 50.7 Å². The largest absolute Gasteiger partial charge is 0.472 e. The number of nitriles is 1. The van der Waals surface area contributed by atoms with Crippen LogP contribution in [0, 0.1) is 18.3 Å². The molecule has 0 atom stereocenters. The predicted octanol–water partition coefficient (Wildman–Crippen LogP) is 3.92. The number of aryl methyl sites for hydroxylation is 1. The van der Waals surface area contributed by atoms with E-state index in [1.165, 1.54) is 0 Å². The summed E-state index contributed by atoms with van der Waals surface area (Å²) < 4.78 is 12.9. The molecule has 0 N–H and O–H groups in total. The van der Waals surface area contributed by atoms with E-state index in [2.05, 4.69) is 26.3 Å². The van der Waals surface area contributed by atoms with E-state index in [1.807, 2.05) is 17.8 Å². The Hall–Kier alpha value is -2.92. The molecule has 0 aliphatic heterocycles. The van der Waals surface area contributed by atoms with Crippen LogP contribution < -0.4 is 4.74 Å². The van der Waals surface area contributed by atoms with Crippen LogP contribution in [0.15, 0.2) is 35.2 Å². The van der Waals surface area contributed by atoms with Crippen molar-refractivity contribution in [3.05, 3.63) is 41.8 Å². The van der Waals surface area contributed by atoms with Gasteiger partial charge in [0.25, 0.3) is 5.88 Å². The van der Waals surface area contributed by atoms with Gasteiger partial charge in [-0.1, -0.05) is 0 Å². The summed E-state index contributed by atoms with van der Waals surface area (Å²) in [6.45, 7) is 1.83. The molecule has 1 fully saturated rings. The smallest absolute Gasteiger partial charge is 0.254 e. The summed E-state index contributed by atoms with van der Waals surface area (Å²) >= 11 is 5.89. The first-order valence-corrected chi connectivity index (χ1v) is 9.47. The van der Waals surface area contributed by atoms with E-state index in [-0.39, 0.29) is 16.9 Å². The van der Waals surface area contributed by atoms with Crippen molar-refractivity contribution >= 4 is 11.6 Å². The van der Waals surface area contributed by atoms with Crippen LogP contribution in [0.5, 0.6) is 5.88 Å². The van der Waals surface area contributed by atoms with E-state index in [0.717, 1.165) is 37.0 Å². The van der Waals surface area contributed by atoms with Gasteiger partial charge in [0, 0.05) is 24.0 Å². The molecule has 0 amide bonds. The molecule has 1 aliphatic carbocycles. The Morgan fingerprint density at radius 2 is 2.25 bits per heavy atom. The predicted molar refractivity (Wildman–Crippen MR) is 101 cm³/mol. The molecule has 1 saturated carbocycles. The molecule has 0 radical (unpaired) electrons. The average Bonchev–Trinajstić information content (AvgIpc) is 3.33. The third-order valence-corrected chi connectivity index (χ3v) is 5.34. The second-order valence-electron chi connectivity index (χ2n) is 7.04. The highest BCUT2D eigenvalue weighted by Gasteiger charge is 2.38. The minimum Gasteiger partial charge on any atom is -0.472 e. The van der Waals surface area contributed by atoms with Gasteiger partial charge < -0.3 is 9.26 Å². The fraction of sp³-hybridized carbons (Fsp3) is 0.421. The molecule has 28 heavy (non-hydrogen) atoms. The van der Waals surface area contributed by atoms with Crippen LogP contribution in [0.25, 0.3) is 11.3 Å². The molecule has 144 valence electrons. The van der Waals surface area contributed by atoms with Crippen LogP contribution in [0.1, 0.15) is 37.9 Å². The van der Waals surface area contributed by atoms with Crippen molar-refractivity contribution in [1.82, 2.24) is 24.9 Å². The molecule has 1 aliphatic rings. The van der Waals surface area contributed by atoms with Crippen LogP contribution >= 0.6 is 11.6 Å². The Bertz CT molecular complexity index is 1000. The van der Waals surface area contributed by atoms with E-state index < -0.39 is 0 Å². The van der Waals surface area contributed by atoms with Gasteiger partial charge in [-0.2, -0.15) is 10.4 Å². The van der Waals surface area contributed by atoms with E-state index in [4.69, 9.17) is 20.9 Å². The summed E-state index contributed by atoms with van der Waals surface area (Å²) in [5, 5.41) is 18.1. The van der Waals surface area contributed by atoms with Crippen LogP contribution in [0.2, 0.25) is 5.28 Å². The fourth-order valence-electron chi connectivity index (χ4n) is 3.66. The number of aromatic nitrogens is 5. The maximum atomic E-state index is 9.43. The minimum atomic E-state index is -0.358. The third kappa shape index (κ3) is 3.71. The minimum absolute atomic E-state index is 0.0482. The number of nitrogens with zero attached hydrogens (tertiary/aromatic N) is 6. The topological polar surface area (TPSA) is 103 Å². The third-order valence-electron chi connectivity index (χ3n) is 5.16. The molecule has 9 heteroatoms. The molecule has 3 aromatic rings. The summed E-state index contributed by atoms with van der Waals surface area (Å²) in [6, 6.07) is 5.90. The van der Waals surface area contributed by atoms with Crippen molar-refractivity contribution in [1.29, 1.82) is 5.26 Å². The molecule has 3 aromatic heterocycles. The van der Waals surface area contributed by atoms with Crippen molar-refractivity contribution < 1.29 is 9.26 Å². The lowest BCUT2D eigenvalue weighted by atomic mass is 9.78. The molecular formula is C19H19ClN6O2. The monoisotopic (exact) mass is 398 g/mol. The average molecular weight is 399 g/mol. The lowest BCUT2D eigenvalue weighted by Gasteiger charge is -2.38. The molecule has 4 rings (SSSR count). The lowest BCUT2D eigenvalue weighted by molar-refractivity contribution is 0.0733. The summed E-state index contributed by atoms with van der Waals surface area (Å²) in [6.07, 6.45) is 8.91. The van der Waals surface area contributed by atoms with Crippen molar-refractivity contribution in [3.63, 3.8) is 0 Å². The molecule has 3 heterocycles. The number of hydrogen-bond donors (Lipinski definition) is 0. The van der Waals surface area contributed by atoms with Gasteiger partial charge in [-0.25, -0.2) is 9.97 Å². The fourth-order valence-corrected chi connectivity index (χ4v) is 3.81. The Morgan fingerprint density at radius 1 is 1.43 bits per heavy atom. The number of rotatable bonds is 5.